The van der Waals surface area contributed by atoms with Crippen LogP contribution in [0.4, 0.5) is 5.69 Å². The minimum atomic E-state index is -1.23. The van der Waals surface area contributed by atoms with E-state index < -0.39 is 5.54 Å². The molecule has 1 amide bonds. The van der Waals surface area contributed by atoms with Gasteiger partial charge in [0, 0.05) is 25.9 Å². The molecule has 5 heteroatoms. The van der Waals surface area contributed by atoms with Crippen LogP contribution in [0.15, 0.2) is 30.3 Å². The number of hydrogen-bond donors (Lipinski definition) is 3. The Hall–Kier alpha value is -1.43. The monoisotopic (exact) mass is 252 g/mol. The standard InChI is InChI=1S/C13H20N2O3/c1-15(11-5-3-2-4-6-11)12(18)13(14,7-9-16)8-10-17/h2-6,16-17H,7-10,14H2,1H3. The summed E-state index contributed by atoms with van der Waals surface area (Å²) in [6, 6.07) is 9.12. The number of aliphatic hydroxyl groups excluding tert-OH is 2. The van der Waals surface area contributed by atoms with Crippen molar-refractivity contribution in [2.24, 2.45) is 5.73 Å². The Morgan fingerprint density at radius 2 is 1.72 bits per heavy atom. The van der Waals surface area contributed by atoms with Crippen molar-refractivity contribution in [1.82, 2.24) is 0 Å². The molecule has 0 heterocycles. The molecule has 0 aliphatic heterocycles. The molecule has 0 atom stereocenters. The number of amides is 1. The molecule has 0 aromatic heterocycles. The molecule has 0 saturated carbocycles. The van der Waals surface area contributed by atoms with Gasteiger partial charge in [-0.1, -0.05) is 18.2 Å². The van der Waals surface area contributed by atoms with Crippen LogP contribution in [-0.2, 0) is 4.79 Å². The van der Waals surface area contributed by atoms with Gasteiger partial charge >= 0.3 is 0 Å². The van der Waals surface area contributed by atoms with Crippen LogP contribution in [-0.4, -0.2) is 41.9 Å². The van der Waals surface area contributed by atoms with Gasteiger partial charge in [-0.25, -0.2) is 0 Å². The van der Waals surface area contributed by atoms with Gasteiger partial charge in [0.15, 0.2) is 0 Å². The highest BCUT2D eigenvalue weighted by atomic mass is 16.3. The number of carbonyl (C=O) groups is 1. The highest BCUT2D eigenvalue weighted by Crippen LogP contribution is 2.19. The van der Waals surface area contributed by atoms with E-state index in [1.54, 1.807) is 19.2 Å². The van der Waals surface area contributed by atoms with Crippen molar-refractivity contribution >= 4 is 11.6 Å². The Morgan fingerprint density at radius 1 is 1.22 bits per heavy atom. The normalized spacial score (nSPS) is 11.3. The second-order valence-electron chi connectivity index (χ2n) is 4.30. The number of aliphatic hydroxyl groups is 2. The molecule has 0 spiro atoms. The minimum Gasteiger partial charge on any atom is -0.396 e. The maximum absolute atomic E-state index is 12.3. The number of benzene rings is 1. The van der Waals surface area contributed by atoms with Gasteiger partial charge in [-0.05, 0) is 25.0 Å². The van der Waals surface area contributed by atoms with E-state index in [1.165, 1.54) is 4.90 Å². The molecular weight excluding hydrogens is 232 g/mol. The van der Waals surface area contributed by atoms with Gasteiger partial charge in [0.25, 0.3) is 0 Å². The highest BCUT2D eigenvalue weighted by molar-refractivity contribution is 5.99. The number of hydrogen-bond acceptors (Lipinski definition) is 4. The first-order valence-electron chi connectivity index (χ1n) is 5.89. The number of carbonyl (C=O) groups excluding carboxylic acids is 1. The van der Waals surface area contributed by atoms with E-state index in [-0.39, 0.29) is 32.0 Å². The first-order chi connectivity index (χ1) is 8.55. The zero-order valence-corrected chi connectivity index (χ0v) is 10.5. The molecular formula is C13H20N2O3. The molecule has 1 rings (SSSR count). The van der Waals surface area contributed by atoms with E-state index >= 15 is 0 Å². The average molecular weight is 252 g/mol. The van der Waals surface area contributed by atoms with Crippen LogP contribution in [0.2, 0.25) is 0 Å². The van der Waals surface area contributed by atoms with Crippen molar-refractivity contribution < 1.29 is 15.0 Å². The minimum absolute atomic E-state index is 0.129. The summed E-state index contributed by atoms with van der Waals surface area (Å²) in [7, 11) is 1.63. The average Bonchev–Trinajstić information content (AvgIpc) is 2.38. The molecule has 0 bridgehead atoms. The van der Waals surface area contributed by atoms with Crippen LogP contribution < -0.4 is 10.6 Å². The molecule has 1 aromatic rings. The largest absolute Gasteiger partial charge is 0.396 e. The molecule has 0 fully saturated rings. The number of nitrogens with two attached hydrogens (primary N) is 1. The second-order valence-corrected chi connectivity index (χ2v) is 4.30. The van der Waals surface area contributed by atoms with E-state index in [2.05, 4.69) is 0 Å². The highest BCUT2D eigenvalue weighted by Gasteiger charge is 2.35. The topological polar surface area (TPSA) is 86.8 Å². The fourth-order valence-electron chi connectivity index (χ4n) is 1.84. The third-order valence-electron chi connectivity index (χ3n) is 2.99. The Labute approximate surface area is 107 Å². The van der Waals surface area contributed by atoms with Crippen molar-refractivity contribution in [2.45, 2.75) is 18.4 Å². The van der Waals surface area contributed by atoms with Crippen LogP contribution in [0, 0.1) is 0 Å². The lowest BCUT2D eigenvalue weighted by molar-refractivity contribution is -0.124. The van der Waals surface area contributed by atoms with E-state index in [1.807, 2.05) is 18.2 Å². The molecule has 0 unspecified atom stereocenters. The SMILES string of the molecule is CN(C(=O)C(N)(CCO)CCO)c1ccccc1. The summed E-state index contributed by atoms with van der Waals surface area (Å²) in [6.07, 6.45) is 0.257. The van der Waals surface area contributed by atoms with Crippen molar-refractivity contribution in [1.29, 1.82) is 0 Å². The van der Waals surface area contributed by atoms with Gasteiger partial charge in [0.2, 0.25) is 5.91 Å². The molecule has 1 aromatic carbocycles. The Kier molecular flexibility index (Phi) is 5.27. The van der Waals surface area contributed by atoms with Gasteiger partial charge in [-0.15, -0.1) is 0 Å². The van der Waals surface area contributed by atoms with Gasteiger partial charge < -0.3 is 20.8 Å². The fourth-order valence-corrected chi connectivity index (χ4v) is 1.84. The Morgan fingerprint density at radius 3 is 2.17 bits per heavy atom. The van der Waals surface area contributed by atoms with Gasteiger partial charge in [-0.2, -0.15) is 0 Å². The lowest BCUT2D eigenvalue weighted by atomic mass is 9.91. The molecule has 5 nitrogen and oxygen atoms in total. The number of nitrogens with zero attached hydrogens (tertiary/aromatic N) is 1. The van der Waals surface area contributed by atoms with Crippen LogP contribution in [0.1, 0.15) is 12.8 Å². The van der Waals surface area contributed by atoms with Crippen LogP contribution in [0.25, 0.3) is 0 Å². The maximum atomic E-state index is 12.3. The van der Waals surface area contributed by atoms with Gasteiger partial charge in [0.1, 0.15) is 5.54 Å². The molecule has 0 aliphatic carbocycles. The lowest BCUT2D eigenvalue weighted by Crippen LogP contribution is -2.55. The predicted molar refractivity (Wildman–Crippen MR) is 70.2 cm³/mol. The summed E-state index contributed by atoms with van der Waals surface area (Å²) in [6.45, 7) is -0.379. The van der Waals surface area contributed by atoms with E-state index in [9.17, 15) is 4.79 Å². The predicted octanol–water partition coefficient (Wildman–Crippen LogP) is 0.112. The first kappa shape index (κ1) is 14.6. The summed E-state index contributed by atoms with van der Waals surface area (Å²) >= 11 is 0. The number of rotatable bonds is 6. The van der Waals surface area contributed by atoms with Crippen molar-refractivity contribution in [3.63, 3.8) is 0 Å². The zero-order chi connectivity index (χ0) is 13.6. The number of para-hydroxylation sites is 1. The van der Waals surface area contributed by atoms with E-state index in [4.69, 9.17) is 15.9 Å². The number of anilines is 1. The first-order valence-corrected chi connectivity index (χ1v) is 5.89. The van der Waals surface area contributed by atoms with E-state index in [0.29, 0.717) is 0 Å². The van der Waals surface area contributed by atoms with Gasteiger partial charge in [-0.3, -0.25) is 4.79 Å². The van der Waals surface area contributed by atoms with Crippen molar-refractivity contribution in [2.75, 3.05) is 25.2 Å². The Balaban J connectivity index is 2.90. The van der Waals surface area contributed by atoms with Gasteiger partial charge in [0.05, 0.1) is 0 Å². The third kappa shape index (κ3) is 3.29. The molecule has 0 aliphatic rings. The zero-order valence-electron chi connectivity index (χ0n) is 10.5. The van der Waals surface area contributed by atoms with Crippen LogP contribution >= 0.6 is 0 Å². The summed E-state index contributed by atoms with van der Waals surface area (Å²) in [4.78, 5) is 13.8. The van der Waals surface area contributed by atoms with Crippen LogP contribution in [0.3, 0.4) is 0 Å². The summed E-state index contributed by atoms with van der Waals surface area (Å²) in [5, 5.41) is 18.0. The molecule has 100 valence electrons. The van der Waals surface area contributed by atoms with Crippen molar-refractivity contribution in [3.8, 4) is 0 Å². The van der Waals surface area contributed by atoms with Crippen LogP contribution in [0.5, 0.6) is 0 Å². The van der Waals surface area contributed by atoms with Crippen molar-refractivity contribution in [3.05, 3.63) is 30.3 Å². The molecule has 18 heavy (non-hydrogen) atoms. The molecule has 0 radical (unpaired) electrons. The van der Waals surface area contributed by atoms with E-state index in [0.717, 1.165) is 5.69 Å². The summed E-state index contributed by atoms with van der Waals surface area (Å²) < 4.78 is 0. The molecule has 0 saturated heterocycles. The third-order valence-corrected chi connectivity index (χ3v) is 2.99. The quantitative estimate of drug-likeness (QED) is 0.670. The summed E-state index contributed by atoms with van der Waals surface area (Å²) in [5.41, 5.74) is 5.49. The fraction of sp³-hybridized carbons (Fsp3) is 0.462. The number of likely N-dealkylation sites (N-methyl/N-ethyl adjacent to an activating group) is 1. The molecule has 4 N–H and O–H groups in total. The second kappa shape index (κ2) is 6.49. The maximum Gasteiger partial charge on any atom is 0.246 e. The Bertz CT molecular complexity index is 375. The summed E-state index contributed by atoms with van der Waals surface area (Å²) in [5.74, 6) is -0.309. The smallest absolute Gasteiger partial charge is 0.246 e. The lowest BCUT2D eigenvalue weighted by Gasteiger charge is -2.31.